The highest BCUT2D eigenvalue weighted by Crippen LogP contribution is 2.37. The minimum atomic E-state index is -4.33. The summed E-state index contributed by atoms with van der Waals surface area (Å²) in [4.78, 5) is 4.67. The van der Waals surface area contributed by atoms with Gasteiger partial charge in [0.25, 0.3) is 0 Å². The molecule has 0 bridgehead atoms. The van der Waals surface area contributed by atoms with E-state index in [1.54, 1.807) is 17.8 Å². The van der Waals surface area contributed by atoms with Gasteiger partial charge < -0.3 is 10.1 Å². The third-order valence-electron chi connectivity index (χ3n) is 3.68. The Hall–Kier alpha value is -1.21. The van der Waals surface area contributed by atoms with E-state index in [0.717, 1.165) is 30.7 Å². The van der Waals surface area contributed by atoms with Gasteiger partial charge in [0.2, 0.25) is 0 Å². The lowest BCUT2D eigenvalue weighted by Crippen LogP contribution is -2.34. The lowest BCUT2D eigenvalue weighted by molar-refractivity contribution is -0.137. The standard InChI is InChI=1S/C14H15F3N2OS/c15-14(16,17)10-2-1-3-11(8-10)18-12-19-13(9-21-12)4-6-20-7-5-13/h1-3,8H,4-7,9H2,(H,18,19). The van der Waals surface area contributed by atoms with Crippen LogP contribution < -0.4 is 5.32 Å². The number of anilines is 1. The Kier molecular flexibility index (Phi) is 3.88. The smallest absolute Gasteiger partial charge is 0.381 e. The van der Waals surface area contributed by atoms with Crippen molar-refractivity contribution in [3.05, 3.63) is 29.8 Å². The fraction of sp³-hybridized carbons (Fsp3) is 0.500. The highest BCUT2D eigenvalue weighted by molar-refractivity contribution is 8.14. The largest absolute Gasteiger partial charge is 0.416 e. The summed E-state index contributed by atoms with van der Waals surface area (Å²) in [5, 5.41) is 3.69. The zero-order valence-electron chi connectivity index (χ0n) is 11.2. The molecular formula is C14H15F3N2OS. The predicted molar refractivity (Wildman–Crippen MR) is 77.7 cm³/mol. The van der Waals surface area contributed by atoms with E-state index in [4.69, 9.17) is 4.74 Å². The molecule has 2 aliphatic heterocycles. The first kappa shape index (κ1) is 14.7. The van der Waals surface area contributed by atoms with Gasteiger partial charge in [0, 0.05) is 24.7 Å². The Labute approximate surface area is 125 Å². The quantitative estimate of drug-likeness (QED) is 0.856. The summed E-state index contributed by atoms with van der Waals surface area (Å²) in [6.45, 7) is 1.39. The van der Waals surface area contributed by atoms with Gasteiger partial charge >= 0.3 is 6.18 Å². The van der Waals surface area contributed by atoms with Crippen molar-refractivity contribution in [2.45, 2.75) is 24.6 Å². The van der Waals surface area contributed by atoms with Gasteiger partial charge in [-0.25, -0.2) is 0 Å². The first-order valence-corrected chi connectivity index (χ1v) is 7.70. The van der Waals surface area contributed by atoms with Gasteiger partial charge in [0.1, 0.15) is 0 Å². The van der Waals surface area contributed by atoms with E-state index in [1.165, 1.54) is 6.07 Å². The Bertz CT molecular complexity index is 553. The van der Waals surface area contributed by atoms with Crippen molar-refractivity contribution < 1.29 is 17.9 Å². The first-order valence-electron chi connectivity index (χ1n) is 6.72. The predicted octanol–water partition coefficient (Wildman–Crippen LogP) is 3.77. The van der Waals surface area contributed by atoms with Gasteiger partial charge in [-0.1, -0.05) is 17.8 Å². The van der Waals surface area contributed by atoms with Crippen molar-refractivity contribution in [3.8, 4) is 0 Å². The van der Waals surface area contributed by atoms with Gasteiger partial charge in [-0.3, -0.25) is 4.99 Å². The number of hydrogen-bond acceptors (Lipinski definition) is 4. The molecule has 0 radical (unpaired) electrons. The van der Waals surface area contributed by atoms with Crippen molar-refractivity contribution >= 4 is 22.6 Å². The Morgan fingerprint density at radius 1 is 1.24 bits per heavy atom. The number of aliphatic imine (C=N–C) groups is 1. The average molecular weight is 316 g/mol. The number of rotatable bonds is 1. The van der Waals surface area contributed by atoms with Crippen LogP contribution in [0.2, 0.25) is 0 Å². The molecule has 1 fully saturated rings. The van der Waals surface area contributed by atoms with E-state index >= 15 is 0 Å². The monoisotopic (exact) mass is 316 g/mol. The summed E-state index contributed by atoms with van der Waals surface area (Å²) >= 11 is 1.56. The summed E-state index contributed by atoms with van der Waals surface area (Å²) in [6.07, 6.45) is -2.59. The number of nitrogens with zero attached hydrogens (tertiary/aromatic N) is 1. The molecule has 1 spiro atoms. The van der Waals surface area contributed by atoms with Crippen LogP contribution in [0.3, 0.4) is 0 Å². The molecule has 114 valence electrons. The molecular weight excluding hydrogens is 301 g/mol. The second-order valence-corrected chi connectivity index (χ2v) is 6.21. The number of nitrogens with one attached hydrogen (secondary N) is 1. The maximum absolute atomic E-state index is 12.7. The number of hydrogen-bond donors (Lipinski definition) is 1. The lowest BCUT2D eigenvalue weighted by Gasteiger charge is -2.29. The Morgan fingerprint density at radius 3 is 2.71 bits per heavy atom. The highest BCUT2D eigenvalue weighted by Gasteiger charge is 2.37. The normalized spacial score (nSPS) is 21.4. The van der Waals surface area contributed by atoms with Crippen LogP contribution in [0.25, 0.3) is 0 Å². The van der Waals surface area contributed by atoms with Crippen LogP contribution in [0.4, 0.5) is 18.9 Å². The SMILES string of the molecule is FC(F)(F)c1cccc(NC2=NC3(CCOCC3)CS2)c1. The molecule has 0 atom stereocenters. The van der Waals surface area contributed by atoms with Crippen LogP contribution in [-0.4, -0.2) is 29.7 Å². The molecule has 21 heavy (non-hydrogen) atoms. The van der Waals surface area contributed by atoms with Crippen LogP contribution in [0.5, 0.6) is 0 Å². The van der Waals surface area contributed by atoms with Crippen LogP contribution in [0, 0.1) is 0 Å². The molecule has 2 heterocycles. The number of thioether (sulfide) groups is 1. The molecule has 0 saturated carbocycles. The van der Waals surface area contributed by atoms with E-state index in [2.05, 4.69) is 10.3 Å². The number of benzene rings is 1. The number of ether oxygens (including phenoxy) is 1. The summed E-state index contributed by atoms with van der Waals surface area (Å²) in [5.41, 5.74) is -0.343. The van der Waals surface area contributed by atoms with Gasteiger partial charge in [-0.15, -0.1) is 0 Å². The van der Waals surface area contributed by atoms with Gasteiger partial charge in [0.05, 0.1) is 11.1 Å². The fourth-order valence-electron chi connectivity index (χ4n) is 2.45. The van der Waals surface area contributed by atoms with Crippen molar-refractivity contribution in [3.63, 3.8) is 0 Å². The zero-order chi connectivity index (χ0) is 14.9. The highest BCUT2D eigenvalue weighted by atomic mass is 32.2. The molecule has 3 nitrogen and oxygen atoms in total. The van der Waals surface area contributed by atoms with Crippen LogP contribution in [-0.2, 0) is 10.9 Å². The summed E-state index contributed by atoms with van der Waals surface area (Å²) < 4.78 is 43.4. The molecule has 0 aromatic heterocycles. The second-order valence-electron chi connectivity index (χ2n) is 5.25. The van der Waals surface area contributed by atoms with Crippen molar-refractivity contribution in [1.29, 1.82) is 0 Å². The topological polar surface area (TPSA) is 33.6 Å². The Balaban J connectivity index is 1.74. The zero-order valence-corrected chi connectivity index (χ0v) is 12.1. The maximum Gasteiger partial charge on any atom is 0.416 e. The van der Waals surface area contributed by atoms with Crippen LogP contribution in [0.1, 0.15) is 18.4 Å². The second kappa shape index (κ2) is 5.53. The van der Waals surface area contributed by atoms with E-state index in [1.807, 2.05) is 0 Å². The molecule has 0 amide bonds. The van der Waals surface area contributed by atoms with E-state index in [9.17, 15) is 13.2 Å². The number of alkyl halides is 3. The minimum Gasteiger partial charge on any atom is -0.381 e. The van der Waals surface area contributed by atoms with Crippen molar-refractivity contribution in [2.75, 3.05) is 24.3 Å². The van der Waals surface area contributed by atoms with E-state index in [0.29, 0.717) is 24.1 Å². The van der Waals surface area contributed by atoms with Crippen molar-refractivity contribution in [1.82, 2.24) is 0 Å². The van der Waals surface area contributed by atoms with Gasteiger partial charge in [-0.2, -0.15) is 13.2 Å². The maximum atomic E-state index is 12.7. The molecule has 3 rings (SSSR count). The first-order chi connectivity index (χ1) is 9.97. The van der Waals surface area contributed by atoms with Gasteiger partial charge in [-0.05, 0) is 31.0 Å². The van der Waals surface area contributed by atoms with Gasteiger partial charge in [0.15, 0.2) is 5.17 Å². The molecule has 2 aliphatic rings. The summed E-state index contributed by atoms with van der Waals surface area (Å²) in [5.74, 6) is 0.859. The van der Waals surface area contributed by atoms with E-state index < -0.39 is 11.7 Å². The summed E-state index contributed by atoms with van der Waals surface area (Å²) in [7, 11) is 0. The van der Waals surface area contributed by atoms with Crippen molar-refractivity contribution in [2.24, 2.45) is 4.99 Å². The molecule has 1 N–H and O–H groups in total. The molecule has 0 aliphatic carbocycles. The fourth-order valence-corrected chi connectivity index (χ4v) is 3.66. The number of amidine groups is 1. The van der Waals surface area contributed by atoms with E-state index in [-0.39, 0.29) is 5.54 Å². The molecule has 1 saturated heterocycles. The molecule has 1 aromatic rings. The van der Waals surface area contributed by atoms with Crippen LogP contribution in [0.15, 0.2) is 29.3 Å². The number of halogens is 3. The Morgan fingerprint density at radius 2 is 2.00 bits per heavy atom. The lowest BCUT2D eigenvalue weighted by atomic mass is 9.93. The average Bonchev–Trinajstić information content (AvgIpc) is 2.81. The third kappa shape index (κ3) is 3.35. The summed E-state index contributed by atoms with van der Waals surface area (Å²) in [6, 6.07) is 5.19. The third-order valence-corrected chi connectivity index (χ3v) is 4.83. The minimum absolute atomic E-state index is 0.104. The molecule has 1 aromatic carbocycles. The molecule has 7 heteroatoms. The van der Waals surface area contributed by atoms with Crippen LogP contribution >= 0.6 is 11.8 Å². The molecule has 0 unspecified atom stereocenters.